The first-order valence-corrected chi connectivity index (χ1v) is 12.7. The van der Waals surface area contributed by atoms with Crippen LogP contribution in [0.3, 0.4) is 0 Å². The van der Waals surface area contributed by atoms with Gasteiger partial charge in [-0.2, -0.15) is 0 Å². The molecule has 1 unspecified atom stereocenters. The summed E-state index contributed by atoms with van der Waals surface area (Å²) in [4.78, 5) is 15.4. The second-order valence-electron chi connectivity index (χ2n) is 8.35. The minimum atomic E-state index is -3.70. The van der Waals surface area contributed by atoms with E-state index in [0.717, 1.165) is 38.0 Å². The number of carbonyl (C=O) groups excluding carboxylic acids is 1. The van der Waals surface area contributed by atoms with Gasteiger partial charge in [-0.1, -0.05) is 66.7 Å². The van der Waals surface area contributed by atoms with Crippen molar-refractivity contribution in [2.75, 3.05) is 17.8 Å². The molecule has 1 fully saturated rings. The summed E-state index contributed by atoms with van der Waals surface area (Å²) < 4.78 is 28.1. The number of para-hydroxylation sites is 1. The van der Waals surface area contributed by atoms with Crippen LogP contribution in [0.15, 0.2) is 89.8 Å². The Morgan fingerprint density at radius 3 is 2.33 bits per heavy atom. The number of nitrogens with one attached hydrogen (secondary N) is 2. The summed E-state index contributed by atoms with van der Waals surface area (Å²) in [7, 11) is -3.70. The van der Waals surface area contributed by atoms with Crippen LogP contribution < -0.4 is 10.0 Å². The molecule has 3 aromatic carbocycles. The average Bonchev–Trinajstić information content (AvgIpc) is 2.84. The maximum absolute atomic E-state index is 12.9. The third kappa shape index (κ3) is 6.21. The summed E-state index contributed by atoms with van der Waals surface area (Å²) in [6.07, 6.45) is 1.85. The molecule has 1 aliphatic rings. The highest BCUT2D eigenvalue weighted by molar-refractivity contribution is 7.92. The van der Waals surface area contributed by atoms with Crippen LogP contribution in [0.25, 0.3) is 0 Å². The third-order valence-electron chi connectivity index (χ3n) is 5.89. The number of benzene rings is 3. The molecule has 3 aromatic rings. The second kappa shape index (κ2) is 10.6. The van der Waals surface area contributed by atoms with Crippen molar-refractivity contribution in [1.29, 1.82) is 0 Å². The summed E-state index contributed by atoms with van der Waals surface area (Å²) >= 11 is 0. The van der Waals surface area contributed by atoms with Crippen LogP contribution in [0.4, 0.5) is 5.69 Å². The first-order valence-electron chi connectivity index (χ1n) is 11.2. The van der Waals surface area contributed by atoms with E-state index in [-0.39, 0.29) is 23.3 Å². The Morgan fingerprint density at radius 2 is 1.58 bits per heavy atom. The minimum absolute atomic E-state index is 0.00785. The van der Waals surface area contributed by atoms with Gasteiger partial charge in [-0.25, -0.2) is 8.42 Å². The molecule has 0 aromatic heterocycles. The number of nitrogens with zero attached hydrogens (tertiary/aromatic N) is 1. The molecule has 1 atom stereocenters. The molecule has 1 aliphatic heterocycles. The largest absolute Gasteiger partial charge is 0.352 e. The lowest BCUT2D eigenvalue weighted by molar-refractivity contribution is -0.126. The zero-order valence-electron chi connectivity index (χ0n) is 18.5. The Kier molecular flexibility index (Phi) is 7.42. The number of sulfonamides is 1. The van der Waals surface area contributed by atoms with Crippen molar-refractivity contribution in [1.82, 2.24) is 10.2 Å². The van der Waals surface area contributed by atoms with E-state index in [1.165, 1.54) is 5.56 Å². The van der Waals surface area contributed by atoms with Crippen LogP contribution in [-0.4, -0.2) is 32.3 Å². The maximum atomic E-state index is 12.9. The van der Waals surface area contributed by atoms with Crippen molar-refractivity contribution in [3.05, 3.63) is 96.1 Å². The number of rotatable bonds is 8. The lowest BCUT2D eigenvalue weighted by atomic mass is 9.96. The molecular weight excluding hydrogens is 434 g/mol. The standard InChI is InChI=1S/C26H29N3O3S/c30-26(23-13-9-17-29(20-23)19-21-10-3-1-4-11-21)27-18-22-12-7-8-16-25(22)28-33(31,32)24-14-5-2-6-15-24/h1-8,10-12,14-16,23,28H,9,13,17-20H2,(H,27,30). The molecule has 7 heteroatoms. The van der Waals surface area contributed by atoms with Crippen molar-refractivity contribution >= 4 is 21.6 Å². The fourth-order valence-corrected chi connectivity index (χ4v) is 5.28. The Bertz CT molecular complexity index is 1170. The van der Waals surface area contributed by atoms with Gasteiger partial charge in [-0.3, -0.25) is 14.4 Å². The van der Waals surface area contributed by atoms with Crippen LogP contribution in [0.1, 0.15) is 24.0 Å². The van der Waals surface area contributed by atoms with E-state index in [1.54, 1.807) is 42.5 Å². The summed E-state index contributed by atoms with van der Waals surface area (Å²) in [5.41, 5.74) is 2.44. The van der Waals surface area contributed by atoms with Gasteiger partial charge >= 0.3 is 0 Å². The van der Waals surface area contributed by atoms with Gasteiger partial charge in [0.2, 0.25) is 5.91 Å². The van der Waals surface area contributed by atoms with E-state index in [9.17, 15) is 13.2 Å². The predicted octanol–water partition coefficient (Wildman–Crippen LogP) is 4.02. The lowest BCUT2D eigenvalue weighted by Gasteiger charge is -2.32. The lowest BCUT2D eigenvalue weighted by Crippen LogP contribution is -2.42. The number of carbonyl (C=O) groups is 1. The average molecular weight is 464 g/mol. The normalized spacial score (nSPS) is 16.8. The van der Waals surface area contributed by atoms with Gasteiger partial charge in [0.05, 0.1) is 16.5 Å². The second-order valence-corrected chi connectivity index (χ2v) is 10.0. The molecule has 1 heterocycles. The van der Waals surface area contributed by atoms with Crippen molar-refractivity contribution in [2.45, 2.75) is 30.8 Å². The Morgan fingerprint density at radius 1 is 0.909 bits per heavy atom. The van der Waals surface area contributed by atoms with E-state index >= 15 is 0 Å². The van der Waals surface area contributed by atoms with Gasteiger partial charge in [0.15, 0.2) is 0 Å². The molecule has 1 amide bonds. The fourth-order valence-electron chi connectivity index (χ4n) is 4.16. The molecule has 172 valence electrons. The fraction of sp³-hybridized carbons (Fsp3) is 0.269. The Balaban J connectivity index is 1.37. The molecule has 2 N–H and O–H groups in total. The first-order chi connectivity index (χ1) is 16.0. The van der Waals surface area contributed by atoms with Gasteiger partial charge in [-0.05, 0) is 48.7 Å². The van der Waals surface area contributed by atoms with Crippen LogP contribution >= 0.6 is 0 Å². The number of amides is 1. The Hall–Kier alpha value is -3.16. The van der Waals surface area contributed by atoms with Crippen molar-refractivity contribution in [3.8, 4) is 0 Å². The molecule has 0 radical (unpaired) electrons. The molecule has 4 rings (SSSR count). The first kappa shape index (κ1) is 23.0. The van der Waals surface area contributed by atoms with Crippen LogP contribution in [0, 0.1) is 5.92 Å². The van der Waals surface area contributed by atoms with Crippen molar-refractivity contribution in [2.24, 2.45) is 5.92 Å². The zero-order valence-corrected chi connectivity index (χ0v) is 19.3. The van der Waals surface area contributed by atoms with Gasteiger partial charge in [0.25, 0.3) is 10.0 Å². The number of piperidine rings is 1. The zero-order chi connectivity index (χ0) is 23.1. The van der Waals surface area contributed by atoms with Gasteiger partial charge in [0.1, 0.15) is 0 Å². The molecule has 1 saturated heterocycles. The summed E-state index contributed by atoms with van der Waals surface area (Å²) in [5.74, 6) is -0.0656. The molecular formula is C26H29N3O3S. The smallest absolute Gasteiger partial charge is 0.261 e. The molecule has 0 aliphatic carbocycles. The quantitative estimate of drug-likeness (QED) is 0.529. The Labute approximate surface area is 195 Å². The SMILES string of the molecule is O=C(NCc1ccccc1NS(=O)(=O)c1ccccc1)C1CCCN(Cc2ccccc2)C1. The van der Waals surface area contributed by atoms with E-state index in [2.05, 4.69) is 27.1 Å². The highest BCUT2D eigenvalue weighted by Gasteiger charge is 2.26. The summed E-state index contributed by atoms with van der Waals surface area (Å²) in [5, 5.41) is 3.02. The minimum Gasteiger partial charge on any atom is -0.352 e. The molecule has 0 saturated carbocycles. The number of hydrogen-bond acceptors (Lipinski definition) is 4. The van der Waals surface area contributed by atoms with E-state index in [4.69, 9.17) is 0 Å². The van der Waals surface area contributed by atoms with Gasteiger partial charge in [-0.15, -0.1) is 0 Å². The third-order valence-corrected chi connectivity index (χ3v) is 7.27. The number of hydrogen-bond donors (Lipinski definition) is 2. The van der Waals surface area contributed by atoms with Gasteiger partial charge < -0.3 is 5.32 Å². The molecule has 0 spiro atoms. The summed E-state index contributed by atoms with van der Waals surface area (Å²) in [6, 6.07) is 25.7. The number of anilines is 1. The van der Waals surface area contributed by atoms with E-state index < -0.39 is 10.0 Å². The monoisotopic (exact) mass is 463 g/mol. The van der Waals surface area contributed by atoms with Crippen LogP contribution in [0.2, 0.25) is 0 Å². The van der Waals surface area contributed by atoms with E-state index in [0.29, 0.717) is 5.69 Å². The highest BCUT2D eigenvalue weighted by atomic mass is 32.2. The molecule has 6 nitrogen and oxygen atoms in total. The van der Waals surface area contributed by atoms with Gasteiger partial charge in [0, 0.05) is 19.6 Å². The highest BCUT2D eigenvalue weighted by Crippen LogP contribution is 2.22. The molecule has 0 bridgehead atoms. The van der Waals surface area contributed by atoms with E-state index in [1.807, 2.05) is 30.3 Å². The van der Waals surface area contributed by atoms with Crippen LogP contribution in [-0.2, 0) is 27.9 Å². The summed E-state index contributed by atoms with van der Waals surface area (Å²) in [6.45, 7) is 2.82. The van der Waals surface area contributed by atoms with Crippen molar-refractivity contribution in [3.63, 3.8) is 0 Å². The number of likely N-dealkylation sites (tertiary alicyclic amines) is 1. The maximum Gasteiger partial charge on any atom is 0.261 e. The van der Waals surface area contributed by atoms with Crippen LogP contribution in [0.5, 0.6) is 0 Å². The van der Waals surface area contributed by atoms with Crippen molar-refractivity contribution < 1.29 is 13.2 Å². The molecule has 33 heavy (non-hydrogen) atoms. The predicted molar refractivity (Wildman–Crippen MR) is 130 cm³/mol. The topological polar surface area (TPSA) is 78.5 Å².